The summed E-state index contributed by atoms with van der Waals surface area (Å²) in [7, 11) is 0. The van der Waals surface area contributed by atoms with E-state index < -0.39 is 6.17 Å². The summed E-state index contributed by atoms with van der Waals surface area (Å²) < 4.78 is 17.7. The van der Waals surface area contributed by atoms with Crippen molar-refractivity contribution in [3.8, 4) is 22.9 Å². The average Bonchev–Trinajstić information content (AvgIpc) is 3.52. The highest BCUT2D eigenvalue weighted by Gasteiger charge is 2.28. The van der Waals surface area contributed by atoms with E-state index in [2.05, 4.69) is 10.1 Å². The molecule has 0 amide bonds. The number of nitrogens with one attached hydrogen (secondary N) is 1. The second kappa shape index (κ2) is 6.81. The maximum Gasteiger partial charge on any atom is 0.167 e. The van der Waals surface area contributed by atoms with Crippen LogP contribution in [0.5, 0.6) is 0 Å². The highest BCUT2D eigenvalue weighted by molar-refractivity contribution is 6.06. The molecular weight excluding hydrogens is 407 g/mol. The van der Waals surface area contributed by atoms with Gasteiger partial charge < -0.3 is 11.1 Å². The smallest absolute Gasteiger partial charge is 0.167 e. The zero-order chi connectivity index (χ0) is 21.8. The van der Waals surface area contributed by atoms with Crippen molar-refractivity contribution in [1.82, 2.24) is 29.3 Å². The zero-order valence-electron chi connectivity index (χ0n) is 16.8. The summed E-state index contributed by atoms with van der Waals surface area (Å²) in [4.78, 5) is 13.8. The first-order valence-corrected chi connectivity index (χ1v) is 10.1. The van der Waals surface area contributed by atoms with Gasteiger partial charge in [-0.2, -0.15) is 5.10 Å². The van der Waals surface area contributed by atoms with E-state index in [1.807, 2.05) is 47.2 Å². The Balaban J connectivity index is 1.63. The van der Waals surface area contributed by atoms with Crippen molar-refractivity contribution < 1.29 is 4.39 Å². The molecule has 1 atom stereocenters. The fourth-order valence-corrected chi connectivity index (χ4v) is 4.13. The number of benzene rings is 1. The highest BCUT2D eigenvalue weighted by Crippen LogP contribution is 2.33. The molecule has 4 aromatic heterocycles. The monoisotopic (exact) mass is 424 g/mol. The molecule has 4 heterocycles. The molecule has 6 rings (SSSR count). The minimum atomic E-state index is -1.28. The van der Waals surface area contributed by atoms with Crippen LogP contribution in [0.2, 0.25) is 0 Å². The lowest BCUT2D eigenvalue weighted by atomic mass is 10.1. The van der Waals surface area contributed by atoms with Crippen LogP contribution in [-0.2, 0) is 6.42 Å². The van der Waals surface area contributed by atoms with Gasteiger partial charge >= 0.3 is 0 Å². The van der Waals surface area contributed by atoms with E-state index in [-0.39, 0.29) is 12.1 Å². The lowest BCUT2D eigenvalue weighted by Crippen LogP contribution is -2.08. The lowest BCUT2D eigenvalue weighted by Gasteiger charge is -2.12. The number of hydrogen-bond donors (Lipinski definition) is 2. The fourth-order valence-electron chi connectivity index (χ4n) is 4.13. The van der Waals surface area contributed by atoms with E-state index in [1.165, 1.54) is 0 Å². The molecule has 0 spiro atoms. The van der Waals surface area contributed by atoms with Crippen LogP contribution < -0.4 is 5.73 Å². The maximum absolute atomic E-state index is 14.2. The molecule has 32 heavy (non-hydrogen) atoms. The summed E-state index contributed by atoms with van der Waals surface area (Å²) in [6.07, 6.45) is 4.04. The number of halogens is 1. The van der Waals surface area contributed by atoms with E-state index in [4.69, 9.17) is 21.1 Å². The number of hydrogen-bond acceptors (Lipinski definition) is 6. The molecule has 0 fully saturated rings. The third kappa shape index (κ3) is 2.71. The molecule has 1 unspecified atom stereocenters. The van der Waals surface area contributed by atoms with E-state index in [0.29, 0.717) is 39.8 Å². The van der Waals surface area contributed by atoms with Gasteiger partial charge in [-0.25, -0.2) is 24.0 Å². The minimum absolute atomic E-state index is 0.0258. The van der Waals surface area contributed by atoms with Gasteiger partial charge in [0.05, 0.1) is 11.3 Å². The lowest BCUT2D eigenvalue weighted by molar-refractivity contribution is 0.430. The van der Waals surface area contributed by atoms with Gasteiger partial charge in [-0.1, -0.05) is 6.07 Å². The predicted molar refractivity (Wildman–Crippen MR) is 119 cm³/mol. The van der Waals surface area contributed by atoms with Gasteiger partial charge in [-0.05, 0) is 48.0 Å². The molecular formula is C23H17FN8. The number of aromatic nitrogens is 6. The quantitative estimate of drug-likeness (QED) is 0.460. The number of nitrogens with two attached hydrogens (primary N) is 1. The molecule has 0 bridgehead atoms. The van der Waals surface area contributed by atoms with Gasteiger partial charge in [0.2, 0.25) is 0 Å². The number of imidazole rings is 1. The van der Waals surface area contributed by atoms with E-state index in [1.54, 1.807) is 29.2 Å². The Bertz CT molecular complexity index is 1500. The Morgan fingerprint density at radius 1 is 1.03 bits per heavy atom. The number of pyridine rings is 2. The third-order valence-electron chi connectivity index (χ3n) is 5.66. The summed E-state index contributed by atoms with van der Waals surface area (Å²) in [6.45, 7) is 0. The van der Waals surface area contributed by atoms with Crippen LogP contribution >= 0.6 is 0 Å². The summed E-state index contributed by atoms with van der Waals surface area (Å²) in [6, 6.07) is 14.7. The zero-order valence-corrected chi connectivity index (χ0v) is 16.8. The number of nitrogens with zero attached hydrogens (tertiary/aromatic N) is 6. The number of alkyl halides is 1. The molecule has 8 nitrogen and oxygen atoms in total. The normalized spacial score (nSPS) is 15.4. The standard InChI is InChI=1S/C23H17FN8/c24-17-12-13-11-14(4-5-15(13)20(17)25)32-22(16-3-1-8-27-21(16)26)29-18-6-7-19(30-23(18)32)31-10-2-9-28-31/h1-11,17,25H,12H2,(H2,26,27). The topological polar surface area (TPSA) is 111 Å². The molecule has 1 aliphatic rings. The van der Waals surface area contributed by atoms with E-state index in [0.717, 1.165) is 11.3 Å². The number of fused-ring (bicyclic) bond motifs is 2. The molecule has 156 valence electrons. The van der Waals surface area contributed by atoms with Gasteiger partial charge in [-0.15, -0.1) is 0 Å². The van der Waals surface area contributed by atoms with Crippen molar-refractivity contribution in [2.75, 3.05) is 5.73 Å². The Hall–Kier alpha value is -4.40. The highest BCUT2D eigenvalue weighted by atomic mass is 19.1. The second-order valence-corrected chi connectivity index (χ2v) is 7.60. The number of nitrogen functional groups attached to an aromatic ring is 1. The van der Waals surface area contributed by atoms with Crippen molar-refractivity contribution in [3.05, 3.63) is 78.2 Å². The predicted octanol–water partition coefficient (Wildman–Crippen LogP) is 3.51. The minimum Gasteiger partial charge on any atom is -0.383 e. The molecule has 9 heteroatoms. The molecule has 3 N–H and O–H groups in total. The molecule has 1 aromatic carbocycles. The molecule has 0 saturated carbocycles. The van der Waals surface area contributed by atoms with Crippen molar-refractivity contribution in [1.29, 1.82) is 5.41 Å². The first-order valence-electron chi connectivity index (χ1n) is 10.1. The van der Waals surface area contributed by atoms with E-state index in [9.17, 15) is 4.39 Å². The van der Waals surface area contributed by atoms with Gasteiger partial charge in [0.15, 0.2) is 17.3 Å². The average molecular weight is 424 g/mol. The van der Waals surface area contributed by atoms with Gasteiger partial charge in [0.25, 0.3) is 0 Å². The van der Waals surface area contributed by atoms with Crippen LogP contribution in [-0.4, -0.2) is 41.2 Å². The van der Waals surface area contributed by atoms with E-state index >= 15 is 0 Å². The van der Waals surface area contributed by atoms with Gasteiger partial charge in [0.1, 0.15) is 17.5 Å². The van der Waals surface area contributed by atoms with Crippen molar-refractivity contribution in [3.63, 3.8) is 0 Å². The molecule has 0 saturated heterocycles. The van der Waals surface area contributed by atoms with Crippen LogP contribution in [0.1, 0.15) is 11.1 Å². The molecule has 0 radical (unpaired) electrons. The fraction of sp³-hybridized carbons (Fsp3) is 0.0870. The van der Waals surface area contributed by atoms with Crippen LogP contribution in [0.25, 0.3) is 34.1 Å². The second-order valence-electron chi connectivity index (χ2n) is 7.60. The van der Waals surface area contributed by atoms with Crippen LogP contribution in [0.15, 0.2) is 67.1 Å². The Labute approximate surface area is 181 Å². The SMILES string of the molecule is N=C1c2ccc(-n3c(-c4cccnc4N)nc4ccc(-n5cccn5)nc43)cc2CC1F. The summed E-state index contributed by atoms with van der Waals surface area (Å²) in [5.41, 5.74) is 10.3. The van der Waals surface area contributed by atoms with Crippen LogP contribution in [0, 0.1) is 5.41 Å². The third-order valence-corrected chi connectivity index (χ3v) is 5.66. The maximum atomic E-state index is 14.2. The summed E-state index contributed by atoms with van der Waals surface area (Å²) >= 11 is 0. The Kier molecular flexibility index (Phi) is 3.91. The van der Waals surface area contributed by atoms with Crippen LogP contribution in [0.4, 0.5) is 10.2 Å². The summed E-state index contributed by atoms with van der Waals surface area (Å²) in [5, 5.41) is 12.3. The van der Waals surface area contributed by atoms with Crippen LogP contribution in [0.3, 0.4) is 0 Å². The number of anilines is 1. The van der Waals surface area contributed by atoms with Crippen molar-refractivity contribution in [2.45, 2.75) is 12.6 Å². The Morgan fingerprint density at radius 2 is 1.94 bits per heavy atom. The first-order chi connectivity index (χ1) is 15.6. The molecule has 0 aliphatic heterocycles. The first kappa shape index (κ1) is 18.4. The molecule has 1 aliphatic carbocycles. The summed E-state index contributed by atoms with van der Waals surface area (Å²) in [5.74, 6) is 1.57. The van der Waals surface area contributed by atoms with Gasteiger partial charge in [0, 0.05) is 36.3 Å². The largest absolute Gasteiger partial charge is 0.383 e. The Morgan fingerprint density at radius 3 is 2.75 bits per heavy atom. The molecule has 5 aromatic rings. The number of rotatable bonds is 3. The van der Waals surface area contributed by atoms with Gasteiger partial charge in [-0.3, -0.25) is 4.57 Å². The van der Waals surface area contributed by atoms with Crippen molar-refractivity contribution >= 4 is 22.7 Å². The van der Waals surface area contributed by atoms with Crippen molar-refractivity contribution in [2.24, 2.45) is 0 Å².